The van der Waals surface area contributed by atoms with Gasteiger partial charge in [0, 0.05) is 25.3 Å². The van der Waals surface area contributed by atoms with Gasteiger partial charge >= 0.3 is 0 Å². The van der Waals surface area contributed by atoms with E-state index < -0.39 is 0 Å². The van der Waals surface area contributed by atoms with Crippen molar-refractivity contribution in [2.45, 2.75) is 18.9 Å². The van der Waals surface area contributed by atoms with Crippen molar-refractivity contribution in [3.05, 3.63) is 29.8 Å². The molecule has 5 heteroatoms. The second kappa shape index (κ2) is 7.68. The molecule has 1 atom stereocenters. The van der Waals surface area contributed by atoms with Gasteiger partial charge in [-0.3, -0.25) is 4.79 Å². The fraction of sp³-hybridized carbons (Fsp3) is 0.462. The van der Waals surface area contributed by atoms with E-state index in [1.807, 2.05) is 0 Å². The molecular weight excluding hydrogens is 232 g/mol. The number of amides is 1. The number of methoxy groups -OCH3 is 1. The standard InChI is InChI=1S/C13H20N2O3/c1-18-9-11(14)6-7-15-13(17)8-10-4-2-3-5-12(10)16/h2-5,11,16H,6-9,14H2,1H3,(H,15,17). The summed E-state index contributed by atoms with van der Waals surface area (Å²) in [6.07, 6.45) is 0.840. The van der Waals surface area contributed by atoms with Crippen LogP contribution in [-0.4, -0.2) is 37.3 Å². The van der Waals surface area contributed by atoms with Gasteiger partial charge in [-0.2, -0.15) is 0 Å². The Balaban J connectivity index is 2.28. The van der Waals surface area contributed by atoms with Gasteiger partial charge in [-0.15, -0.1) is 0 Å². The van der Waals surface area contributed by atoms with Gasteiger partial charge in [0.1, 0.15) is 5.75 Å². The zero-order valence-corrected chi connectivity index (χ0v) is 10.6. The molecule has 0 saturated carbocycles. The predicted molar refractivity (Wildman–Crippen MR) is 69.3 cm³/mol. The van der Waals surface area contributed by atoms with E-state index in [9.17, 15) is 9.90 Å². The summed E-state index contributed by atoms with van der Waals surface area (Å²) in [5.41, 5.74) is 6.35. The highest BCUT2D eigenvalue weighted by molar-refractivity contribution is 5.79. The lowest BCUT2D eigenvalue weighted by molar-refractivity contribution is -0.120. The Morgan fingerprint density at radius 3 is 2.89 bits per heavy atom. The Bertz CT molecular complexity index is 382. The van der Waals surface area contributed by atoms with Crippen LogP contribution in [0.5, 0.6) is 5.75 Å². The lowest BCUT2D eigenvalue weighted by atomic mass is 10.1. The van der Waals surface area contributed by atoms with Crippen LogP contribution in [0.4, 0.5) is 0 Å². The number of para-hydroxylation sites is 1. The van der Waals surface area contributed by atoms with Crippen molar-refractivity contribution < 1.29 is 14.6 Å². The summed E-state index contributed by atoms with van der Waals surface area (Å²) >= 11 is 0. The SMILES string of the molecule is COCC(N)CCNC(=O)Cc1ccccc1O. The van der Waals surface area contributed by atoms with Gasteiger partial charge in [-0.25, -0.2) is 0 Å². The second-order valence-corrected chi connectivity index (χ2v) is 4.16. The molecule has 0 aliphatic heterocycles. The van der Waals surface area contributed by atoms with Crippen molar-refractivity contribution in [3.63, 3.8) is 0 Å². The van der Waals surface area contributed by atoms with Gasteiger partial charge in [0.05, 0.1) is 13.0 Å². The number of hydrogen-bond acceptors (Lipinski definition) is 4. The van der Waals surface area contributed by atoms with Crippen LogP contribution >= 0.6 is 0 Å². The lowest BCUT2D eigenvalue weighted by Gasteiger charge is -2.11. The molecule has 1 unspecified atom stereocenters. The number of benzene rings is 1. The highest BCUT2D eigenvalue weighted by Crippen LogP contribution is 2.15. The quantitative estimate of drug-likeness (QED) is 0.656. The monoisotopic (exact) mass is 252 g/mol. The maximum Gasteiger partial charge on any atom is 0.224 e. The minimum atomic E-state index is -0.124. The molecule has 1 aromatic rings. The van der Waals surface area contributed by atoms with Crippen molar-refractivity contribution in [3.8, 4) is 5.75 Å². The van der Waals surface area contributed by atoms with Crippen LogP contribution in [0.15, 0.2) is 24.3 Å². The fourth-order valence-corrected chi connectivity index (χ4v) is 1.59. The van der Waals surface area contributed by atoms with Crippen LogP contribution in [0.2, 0.25) is 0 Å². The largest absolute Gasteiger partial charge is 0.508 e. The Hall–Kier alpha value is -1.59. The minimum Gasteiger partial charge on any atom is -0.508 e. The molecule has 1 aromatic carbocycles. The molecular formula is C13H20N2O3. The van der Waals surface area contributed by atoms with Crippen molar-refractivity contribution >= 4 is 5.91 Å². The van der Waals surface area contributed by atoms with E-state index in [1.165, 1.54) is 0 Å². The predicted octanol–water partition coefficient (Wildman–Crippen LogP) is 0.415. The summed E-state index contributed by atoms with van der Waals surface area (Å²) in [4.78, 5) is 11.6. The van der Waals surface area contributed by atoms with Crippen LogP contribution in [-0.2, 0) is 16.0 Å². The number of phenolic OH excluding ortho intramolecular Hbond substituents is 1. The minimum absolute atomic E-state index is 0.0690. The maximum absolute atomic E-state index is 11.6. The fourth-order valence-electron chi connectivity index (χ4n) is 1.59. The van der Waals surface area contributed by atoms with Gasteiger partial charge in [-0.05, 0) is 12.5 Å². The van der Waals surface area contributed by atoms with Gasteiger partial charge in [-0.1, -0.05) is 18.2 Å². The molecule has 0 saturated heterocycles. The van der Waals surface area contributed by atoms with Crippen LogP contribution in [0.3, 0.4) is 0 Å². The number of rotatable bonds is 7. The number of nitrogens with two attached hydrogens (primary N) is 1. The summed E-state index contributed by atoms with van der Waals surface area (Å²) in [6, 6.07) is 6.74. The van der Waals surface area contributed by atoms with E-state index >= 15 is 0 Å². The molecule has 18 heavy (non-hydrogen) atoms. The topological polar surface area (TPSA) is 84.6 Å². The average Bonchev–Trinajstić information content (AvgIpc) is 2.32. The summed E-state index contributed by atoms with van der Waals surface area (Å²) in [5, 5.41) is 12.3. The number of ether oxygens (including phenoxy) is 1. The van der Waals surface area contributed by atoms with Crippen molar-refractivity contribution in [1.82, 2.24) is 5.32 Å². The first-order valence-electron chi connectivity index (χ1n) is 5.91. The Kier molecular flexibility index (Phi) is 6.18. The van der Waals surface area contributed by atoms with E-state index in [1.54, 1.807) is 31.4 Å². The van der Waals surface area contributed by atoms with Gasteiger partial charge in [0.2, 0.25) is 5.91 Å². The lowest BCUT2D eigenvalue weighted by Crippen LogP contribution is -2.33. The maximum atomic E-state index is 11.6. The summed E-state index contributed by atoms with van der Waals surface area (Å²) < 4.78 is 4.90. The molecule has 5 nitrogen and oxygen atoms in total. The van der Waals surface area contributed by atoms with Crippen LogP contribution in [0.1, 0.15) is 12.0 Å². The number of phenols is 1. The van der Waals surface area contributed by atoms with Gasteiger partial charge < -0.3 is 20.9 Å². The zero-order valence-electron chi connectivity index (χ0n) is 10.6. The van der Waals surface area contributed by atoms with E-state index in [-0.39, 0.29) is 24.1 Å². The van der Waals surface area contributed by atoms with Gasteiger partial charge in [0.25, 0.3) is 0 Å². The van der Waals surface area contributed by atoms with Crippen molar-refractivity contribution in [2.75, 3.05) is 20.3 Å². The van der Waals surface area contributed by atoms with E-state index in [4.69, 9.17) is 10.5 Å². The second-order valence-electron chi connectivity index (χ2n) is 4.16. The first-order valence-corrected chi connectivity index (χ1v) is 5.91. The Morgan fingerprint density at radius 1 is 1.50 bits per heavy atom. The molecule has 0 aliphatic carbocycles. The van der Waals surface area contributed by atoms with E-state index in [0.717, 1.165) is 0 Å². The number of aromatic hydroxyl groups is 1. The number of hydrogen-bond donors (Lipinski definition) is 3. The number of nitrogens with one attached hydrogen (secondary N) is 1. The molecule has 1 amide bonds. The first-order chi connectivity index (χ1) is 8.63. The molecule has 0 spiro atoms. The molecule has 0 heterocycles. The molecule has 1 rings (SSSR count). The molecule has 0 aromatic heterocycles. The summed E-state index contributed by atoms with van der Waals surface area (Å²) in [7, 11) is 1.59. The molecule has 0 fully saturated rings. The molecule has 0 radical (unpaired) electrons. The third-order valence-electron chi connectivity index (χ3n) is 2.56. The molecule has 0 aliphatic rings. The Morgan fingerprint density at radius 2 is 2.22 bits per heavy atom. The zero-order chi connectivity index (χ0) is 13.4. The average molecular weight is 252 g/mol. The van der Waals surface area contributed by atoms with Gasteiger partial charge in [0.15, 0.2) is 0 Å². The van der Waals surface area contributed by atoms with E-state index in [0.29, 0.717) is 25.1 Å². The highest BCUT2D eigenvalue weighted by atomic mass is 16.5. The van der Waals surface area contributed by atoms with Crippen LogP contribution in [0, 0.1) is 0 Å². The third-order valence-corrected chi connectivity index (χ3v) is 2.56. The van der Waals surface area contributed by atoms with Crippen molar-refractivity contribution in [2.24, 2.45) is 5.73 Å². The molecule has 0 bridgehead atoms. The number of carbonyl (C=O) groups excluding carboxylic acids is 1. The normalized spacial score (nSPS) is 12.1. The van der Waals surface area contributed by atoms with Crippen LogP contribution in [0.25, 0.3) is 0 Å². The first kappa shape index (κ1) is 14.5. The number of carbonyl (C=O) groups is 1. The Labute approximate surface area is 107 Å². The van der Waals surface area contributed by atoms with Crippen LogP contribution < -0.4 is 11.1 Å². The summed E-state index contributed by atoms with van der Waals surface area (Å²) in [6.45, 7) is 0.992. The van der Waals surface area contributed by atoms with E-state index in [2.05, 4.69) is 5.32 Å². The molecule has 100 valence electrons. The third kappa shape index (κ3) is 5.16. The molecule has 4 N–H and O–H groups in total. The smallest absolute Gasteiger partial charge is 0.224 e. The summed E-state index contributed by atoms with van der Waals surface area (Å²) in [5.74, 6) is 0.0184. The highest BCUT2D eigenvalue weighted by Gasteiger charge is 2.07. The van der Waals surface area contributed by atoms with Crippen molar-refractivity contribution in [1.29, 1.82) is 0 Å².